The van der Waals surface area contributed by atoms with Gasteiger partial charge in [0.1, 0.15) is 5.75 Å². The van der Waals surface area contributed by atoms with E-state index in [0.29, 0.717) is 11.8 Å². The fraction of sp³-hybridized carbons (Fsp3) is 0.455. The maximum atomic E-state index is 9.09. The van der Waals surface area contributed by atoms with Gasteiger partial charge in [-0.25, -0.2) is 0 Å². The Bertz CT molecular complexity index is 253. The number of aromatic hydroxyl groups is 1. The summed E-state index contributed by atoms with van der Waals surface area (Å²) >= 11 is 0. The molecule has 0 atom stereocenters. The van der Waals surface area contributed by atoms with E-state index in [-0.39, 0.29) is 0 Å². The lowest BCUT2D eigenvalue weighted by Crippen LogP contribution is -2.25. The topological polar surface area (TPSA) is 23.5 Å². The fourth-order valence-electron chi connectivity index (χ4n) is 1.07. The largest absolute Gasteiger partial charge is 0.508 e. The van der Waals surface area contributed by atoms with Gasteiger partial charge in [0.25, 0.3) is 0 Å². The van der Waals surface area contributed by atoms with Crippen LogP contribution in [0.5, 0.6) is 5.75 Å². The summed E-state index contributed by atoms with van der Waals surface area (Å²) in [6.45, 7) is 5.26. The molecule has 0 aliphatic rings. The van der Waals surface area contributed by atoms with Crippen LogP contribution in [0, 0.1) is 0 Å². The molecule has 0 aliphatic heterocycles. The number of phenolic OH excluding ortho intramolecular Hbond substituents is 1. The molecule has 1 aromatic rings. The normalized spacial score (nSPS) is 11.2. The molecule has 1 aromatic carbocycles. The average molecular weight is 179 g/mol. The molecular weight excluding hydrogens is 162 g/mol. The molecule has 2 heteroatoms. The second-order valence-corrected chi connectivity index (χ2v) is 3.68. The Morgan fingerprint density at radius 2 is 1.77 bits per heavy atom. The summed E-state index contributed by atoms with van der Waals surface area (Å²) in [7, 11) is 2.09. The number of hydrogen-bond donors (Lipinski definition) is 1. The summed E-state index contributed by atoms with van der Waals surface area (Å²) < 4.78 is 0. The minimum Gasteiger partial charge on any atom is -0.508 e. The SMILES string of the molecule is CC(C)N(C)Cc1ccc(O)cc1. The van der Waals surface area contributed by atoms with E-state index in [0.717, 1.165) is 6.54 Å². The molecule has 0 amide bonds. The van der Waals surface area contributed by atoms with Gasteiger partial charge in [-0.3, -0.25) is 4.90 Å². The number of benzene rings is 1. The van der Waals surface area contributed by atoms with E-state index in [1.807, 2.05) is 12.1 Å². The molecule has 0 heterocycles. The lowest BCUT2D eigenvalue weighted by molar-refractivity contribution is 0.265. The number of phenols is 1. The number of hydrogen-bond acceptors (Lipinski definition) is 2. The van der Waals surface area contributed by atoms with Crippen molar-refractivity contribution in [2.75, 3.05) is 7.05 Å². The van der Waals surface area contributed by atoms with Crippen molar-refractivity contribution < 1.29 is 5.11 Å². The van der Waals surface area contributed by atoms with Gasteiger partial charge < -0.3 is 5.11 Å². The lowest BCUT2D eigenvalue weighted by Gasteiger charge is -2.20. The molecule has 0 saturated heterocycles. The first-order valence-electron chi connectivity index (χ1n) is 4.57. The van der Waals surface area contributed by atoms with E-state index in [1.54, 1.807) is 12.1 Å². The highest BCUT2D eigenvalue weighted by Gasteiger charge is 2.03. The maximum absolute atomic E-state index is 9.09. The smallest absolute Gasteiger partial charge is 0.115 e. The van der Waals surface area contributed by atoms with Crippen molar-refractivity contribution in [3.8, 4) is 5.75 Å². The highest BCUT2D eigenvalue weighted by molar-refractivity contribution is 5.25. The minimum absolute atomic E-state index is 0.330. The summed E-state index contributed by atoms with van der Waals surface area (Å²) in [4.78, 5) is 2.26. The molecule has 0 radical (unpaired) electrons. The van der Waals surface area contributed by atoms with Gasteiger partial charge in [-0.05, 0) is 38.6 Å². The van der Waals surface area contributed by atoms with Gasteiger partial charge in [-0.15, -0.1) is 0 Å². The summed E-state index contributed by atoms with van der Waals surface area (Å²) in [5.41, 5.74) is 1.23. The zero-order valence-electron chi connectivity index (χ0n) is 8.49. The van der Waals surface area contributed by atoms with Crippen molar-refractivity contribution in [2.45, 2.75) is 26.4 Å². The van der Waals surface area contributed by atoms with Crippen molar-refractivity contribution in [1.82, 2.24) is 4.90 Å². The van der Waals surface area contributed by atoms with Crippen LogP contribution in [-0.4, -0.2) is 23.1 Å². The van der Waals surface area contributed by atoms with Crippen molar-refractivity contribution >= 4 is 0 Å². The molecule has 0 fully saturated rings. The van der Waals surface area contributed by atoms with Gasteiger partial charge in [0.15, 0.2) is 0 Å². The molecule has 0 aliphatic carbocycles. The van der Waals surface area contributed by atoms with Crippen LogP contribution in [0.1, 0.15) is 19.4 Å². The maximum Gasteiger partial charge on any atom is 0.115 e. The third kappa shape index (κ3) is 3.07. The van der Waals surface area contributed by atoms with Crippen LogP contribution in [0.4, 0.5) is 0 Å². The van der Waals surface area contributed by atoms with Crippen LogP contribution in [0.2, 0.25) is 0 Å². The van der Waals surface area contributed by atoms with Crippen LogP contribution < -0.4 is 0 Å². The van der Waals surface area contributed by atoms with Crippen LogP contribution in [0.25, 0.3) is 0 Å². The number of nitrogens with zero attached hydrogens (tertiary/aromatic N) is 1. The number of rotatable bonds is 3. The van der Waals surface area contributed by atoms with Gasteiger partial charge in [-0.2, -0.15) is 0 Å². The van der Waals surface area contributed by atoms with Crippen molar-refractivity contribution in [2.24, 2.45) is 0 Å². The minimum atomic E-state index is 0.330. The van der Waals surface area contributed by atoms with Crippen molar-refractivity contribution in [3.63, 3.8) is 0 Å². The van der Waals surface area contributed by atoms with Crippen molar-refractivity contribution in [3.05, 3.63) is 29.8 Å². The molecule has 1 N–H and O–H groups in total. The van der Waals surface area contributed by atoms with Crippen molar-refractivity contribution in [1.29, 1.82) is 0 Å². The molecule has 72 valence electrons. The first-order valence-corrected chi connectivity index (χ1v) is 4.57. The summed E-state index contributed by atoms with van der Waals surface area (Å²) in [6.07, 6.45) is 0. The lowest BCUT2D eigenvalue weighted by atomic mass is 10.2. The third-order valence-electron chi connectivity index (χ3n) is 2.25. The molecule has 2 nitrogen and oxygen atoms in total. The standard InChI is InChI=1S/C11H17NO/c1-9(2)12(3)8-10-4-6-11(13)7-5-10/h4-7,9,13H,8H2,1-3H3. The van der Waals surface area contributed by atoms with Gasteiger partial charge in [0, 0.05) is 12.6 Å². The van der Waals surface area contributed by atoms with E-state index >= 15 is 0 Å². The van der Waals surface area contributed by atoms with E-state index < -0.39 is 0 Å². The Balaban J connectivity index is 2.59. The molecular formula is C11H17NO. The van der Waals surface area contributed by atoms with E-state index in [9.17, 15) is 0 Å². The summed E-state index contributed by atoms with van der Waals surface area (Å²) in [5.74, 6) is 0.330. The highest BCUT2D eigenvalue weighted by Crippen LogP contribution is 2.11. The van der Waals surface area contributed by atoms with Gasteiger partial charge in [0.05, 0.1) is 0 Å². The predicted octanol–water partition coefficient (Wildman–Crippen LogP) is 2.23. The Morgan fingerprint density at radius 1 is 1.23 bits per heavy atom. The van der Waals surface area contributed by atoms with E-state index in [2.05, 4.69) is 25.8 Å². The fourth-order valence-corrected chi connectivity index (χ4v) is 1.07. The Hall–Kier alpha value is -1.02. The molecule has 0 saturated carbocycles. The van der Waals surface area contributed by atoms with Gasteiger partial charge >= 0.3 is 0 Å². The molecule has 13 heavy (non-hydrogen) atoms. The monoisotopic (exact) mass is 179 g/mol. The van der Waals surface area contributed by atoms with E-state index in [1.165, 1.54) is 5.56 Å². The van der Waals surface area contributed by atoms with Gasteiger partial charge in [-0.1, -0.05) is 12.1 Å². The van der Waals surface area contributed by atoms with Crippen LogP contribution in [-0.2, 0) is 6.54 Å². The summed E-state index contributed by atoms with van der Waals surface area (Å²) in [5, 5.41) is 9.09. The zero-order valence-corrected chi connectivity index (χ0v) is 8.49. The second kappa shape index (κ2) is 4.28. The first kappa shape index (κ1) is 10.1. The second-order valence-electron chi connectivity index (χ2n) is 3.68. The Kier molecular flexibility index (Phi) is 3.32. The Labute approximate surface area is 79.8 Å². The van der Waals surface area contributed by atoms with Crippen LogP contribution in [0.15, 0.2) is 24.3 Å². The molecule has 0 bridgehead atoms. The predicted molar refractivity (Wildman–Crippen MR) is 54.7 cm³/mol. The molecule has 0 unspecified atom stereocenters. The van der Waals surface area contributed by atoms with Crippen LogP contribution in [0.3, 0.4) is 0 Å². The molecule has 0 aromatic heterocycles. The summed E-state index contributed by atoms with van der Waals surface area (Å²) in [6, 6.07) is 7.91. The quantitative estimate of drug-likeness (QED) is 0.769. The molecule has 1 rings (SSSR count). The Morgan fingerprint density at radius 3 is 2.23 bits per heavy atom. The van der Waals surface area contributed by atoms with Gasteiger partial charge in [0.2, 0.25) is 0 Å². The third-order valence-corrected chi connectivity index (χ3v) is 2.25. The molecule has 0 spiro atoms. The average Bonchev–Trinajstić information content (AvgIpc) is 2.08. The highest BCUT2D eigenvalue weighted by atomic mass is 16.3. The zero-order chi connectivity index (χ0) is 9.84. The van der Waals surface area contributed by atoms with Crippen LogP contribution >= 0.6 is 0 Å². The first-order chi connectivity index (χ1) is 6.09. The van der Waals surface area contributed by atoms with E-state index in [4.69, 9.17) is 5.11 Å².